The first-order valence-corrected chi connectivity index (χ1v) is 42.7. The molecular formula is C85H140O17P2. The van der Waals surface area contributed by atoms with E-state index in [-0.39, 0.29) is 25.7 Å². The number of hydrogen-bond acceptors (Lipinski definition) is 15. The summed E-state index contributed by atoms with van der Waals surface area (Å²) in [6.45, 7) is 4.40. The lowest BCUT2D eigenvalue weighted by Gasteiger charge is -2.21. The summed E-state index contributed by atoms with van der Waals surface area (Å²) in [6.07, 6.45) is 88.0. The van der Waals surface area contributed by atoms with E-state index in [4.69, 9.17) is 37.0 Å². The minimum absolute atomic E-state index is 0.0580. The Labute approximate surface area is 629 Å². The summed E-state index contributed by atoms with van der Waals surface area (Å²) >= 11 is 0. The number of allylic oxidation sites excluding steroid dienone is 26. The fourth-order valence-corrected chi connectivity index (χ4v) is 11.6. The molecule has 0 aliphatic heterocycles. The molecule has 0 bridgehead atoms. The molecule has 0 aromatic heterocycles. The van der Waals surface area contributed by atoms with Crippen LogP contribution in [-0.4, -0.2) is 96.7 Å². The number of aliphatic hydroxyl groups excluding tert-OH is 1. The smallest absolute Gasteiger partial charge is 0.462 e. The number of carbonyl (C=O) groups is 4. The molecule has 0 saturated heterocycles. The Kier molecular flexibility index (Phi) is 72.0. The van der Waals surface area contributed by atoms with Crippen molar-refractivity contribution in [3.05, 3.63) is 158 Å². The van der Waals surface area contributed by atoms with Gasteiger partial charge in [-0.1, -0.05) is 269 Å². The molecule has 19 heteroatoms. The maximum atomic E-state index is 13.1. The minimum atomic E-state index is -5.00. The Morgan fingerprint density at radius 2 is 0.510 bits per heavy atom. The van der Waals surface area contributed by atoms with Crippen molar-refractivity contribution in [3.63, 3.8) is 0 Å². The quantitative estimate of drug-likeness (QED) is 0.0169. The number of ether oxygens (including phenoxy) is 4. The number of rotatable bonds is 73. The normalized spacial score (nSPS) is 14.7. The van der Waals surface area contributed by atoms with Crippen LogP contribution in [0.4, 0.5) is 0 Å². The van der Waals surface area contributed by atoms with Crippen LogP contribution in [0.5, 0.6) is 0 Å². The molecule has 0 aromatic rings. The van der Waals surface area contributed by atoms with Crippen LogP contribution in [0.1, 0.15) is 297 Å². The number of esters is 4. The summed E-state index contributed by atoms with van der Waals surface area (Å²) in [6, 6.07) is 0. The number of hydrogen-bond donors (Lipinski definition) is 3. The van der Waals surface area contributed by atoms with Crippen LogP contribution in [0.2, 0.25) is 0 Å². The third-order valence-corrected chi connectivity index (χ3v) is 17.9. The molecule has 592 valence electrons. The molecule has 0 amide bonds. The Balaban J connectivity index is 5.43. The first-order valence-electron chi connectivity index (χ1n) is 39.7. The maximum absolute atomic E-state index is 13.1. The molecule has 0 heterocycles. The van der Waals surface area contributed by atoms with Gasteiger partial charge in [0.15, 0.2) is 12.2 Å². The molecule has 0 fully saturated rings. The number of aliphatic hydroxyl groups is 1. The first kappa shape index (κ1) is 98.7. The van der Waals surface area contributed by atoms with Gasteiger partial charge in [-0.3, -0.25) is 37.3 Å². The van der Waals surface area contributed by atoms with Gasteiger partial charge in [0.2, 0.25) is 0 Å². The van der Waals surface area contributed by atoms with Crippen molar-refractivity contribution in [2.24, 2.45) is 0 Å². The number of phosphoric ester groups is 2. The van der Waals surface area contributed by atoms with E-state index in [0.717, 1.165) is 186 Å². The molecule has 5 atom stereocenters. The summed E-state index contributed by atoms with van der Waals surface area (Å²) in [7, 11) is -9.99. The molecule has 0 radical (unpaired) electrons. The molecule has 104 heavy (non-hydrogen) atoms. The second kappa shape index (κ2) is 75.9. The minimum Gasteiger partial charge on any atom is -0.462 e. The van der Waals surface area contributed by atoms with Gasteiger partial charge in [0.05, 0.1) is 26.4 Å². The van der Waals surface area contributed by atoms with Crippen LogP contribution in [0.15, 0.2) is 158 Å². The van der Waals surface area contributed by atoms with Crippen LogP contribution in [0.3, 0.4) is 0 Å². The lowest BCUT2D eigenvalue weighted by Crippen LogP contribution is -2.30. The predicted molar refractivity (Wildman–Crippen MR) is 427 cm³/mol. The molecule has 0 rings (SSSR count). The Morgan fingerprint density at radius 3 is 0.817 bits per heavy atom. The topological polar surface area (TPSA) is 237 Å². The van der Waals surface area contributed by atoms with E-state index < -0.39 is 97.5 Å². The highest BCUT2D eigenvalue weighted by Crippen LogP contribution is 2.45. The number of phosphoric acid groups is 2. The third kappa shape index (κ3) is 74.9. The van der Waals surface area contributed by atoms with Gasteiger partial charge >= 0.3 is 39.5 Å². The lowest BCUT2D eigenvalue weighted by atomic mass is 10.1. The SMILES string of the molecule is CC/C=C\C/C=C\C/C=C\C/C=C\C/C=C\CCCC(=O)OCC(COP(=O)(O)OCC(O)COP(=O)(O)OCC(COC(=O)CCCCCCCC/C=C\C/C=C\C/C=C\C/C=C\CC)OC(=O)CCCCCCC/C=C\CCCCCC)OC(=O)CCCCCCC/C=C\C/C=C\C/C=C\CC. The highest BCUT2D eigenvalue weighted by molar-refractivity contribution is 7.47. The molecular weight excluding hydrogens is 1350 g/mol. The van der Waals surface area contributed by atoms with Gasteiger partial charge in [-0.25, -0.2) is 9.13 Å². The molecule has 3 N–H and O–H groups in total. The Morgan fingerprint density at radius 1 is 0.279 bits per heavy atom. The van der Waals surface area contributed by atoms with Crippen LogP contribution < -0.4 is 0 Å². The molecule has 0 saturated carbocycles. The van der Waals surface area contributed by atoms with Crippen molar-refractivity contribution in [1.82, 2.24) is 0 Å². The second-order valence-electron chi connectivity index (χ2n) is 25.9. The Bertz CT molecular complexity index is 2590. The van der Waals surface area contributed by atoms with E-state index in [1.165, 1.54) is 25.7 Å². The van der Waals surface area contributed by atoms with Crippen molar-refractivity contribution >= 4 is 39.5 Å². The molecule has 0 aliphatic carbocycles. The monoisotopic (exact) mass is 1490 g/mol. The van der Waals surface area contributed by atoms with Gasteiger partial charge in [0.1, 0.15) is 19.3 Å². The highest BCUT2D eigenvalue weighted by atomic mass is 31.2. The van der Waals surface area contributed by atoms with Gasteiger partial charge < -0.3 is 33.8 Å². The van der Waals surface area contributed by atoms with Crippen LogP contribution in [-0.2, 0) is 65.4 Å². The predicted octanol–water partition coefficient (Wildman–Crippen LogP) is 23.2. The summed E-state index contributed by atoms with van der Waals surface area (Å²) in [5.41, 5.74) is 0. The summed E-state index contributed by atoms with van der Waals surface area (Å²) in [5.74, 6) is -2.29. The zero-order valence-corrected chi connectivity index (χ0v) is 66.4. The van der Waals surface area contributed by atoms with Crippen molar-refractivity contribution < 1.29 is 80.2 Å². The van der Waals surface area contributed by atoms with E-state index in [1.807, 2.05) is 12.2 Å². The zero-order valence-electron chi connectivity index (χ0n) is 64.6. The van der Waals surface area contributed by atoms with Crippen LogP contribution in [0, 0.1) is 0 Å². The molecule has 17 nitrogen and oxygen atoms in total. The van der Waals surface area contributed by atoms with Crippen molar-refractivity contribution in [3.8, 4) is 0 Å². The molecule has 0 aromatic carbocycles. The fourth-order valence-electron chi connectivity index (χ4n) is 10.0. The van der Waals surface area contributed by atoms with Gasteiger partial charge in [0, 0.05) is 25.7 Å². The largest absolute Gasteiger partial charge is 0.472 e. The first-order chi connectivity index (χ1) is 50.7. The Hall–Kier alpha value is -5.32. The third-order valence-electron chi connectivity index (χ3n) is 16.0. The average Bonchev–Trinajstić information content (AvgIpc) is 0.939. The average molecular weight is 1500 g/mol. The highest BCUT2D eigenvalue weighted by Gasteiger charge is 2.30. The summed E-state index contributed by atoms with van der Waals surface area (Å²) in [4.78, 5) is 73.0. The van der Waals surface area contributed by atoms with E-state index in [1.54, 1.807) is 0 Å². The van der Waals surface area contributed by atoms with E-state index in [2.05, 4.69) is 174 Å². The van der Waals surface area contributed by atoms with Gasteiger partial charge in [0.25, 0.3) is 0 Å². The number of carbonyl (C=O) groups excluding carboxylic acids is 4. The van der Waals surface area contributed by atoms with E-state index in [9.17, 15) is 43.2 Å². The molecule has 5 unspecified atom stereocenters. The van der Waals surface area contributed by atoms with Gasteiger partial charge in [-0.05, 0) is 161 Å². The van der Waals surface area contributed by atoms with Crippen molar-refractivity contribution in [2.45, 2.75) is 316 Å². The van der Waals surface area contributed by atoms with Gasteiger partial charge in [-0.15, -0.1) is 0 Å². The zero-order chi connectivity index (χ0) is 76.0. The fraction of sp³-hybridized carbons (Fsp3) is 0.647. The summed E-state index contributed by atoms with van der Waals surface area (Å²) < 4.78 is 68.5. The maximum Gasteiger partial charge on any atom is 0.472 e. The van der Waals surface area contributed by atoms with Gasteiger partial charge in [-0.2, -0.15) is 0 Å². The standard InChI is InChI=1S/C85H140O17P2/c1-5-9-13-17-21-25-29-33-36-38-39-41-44-47-50-54-58-62-66-70-83(88)95-75-80(101-84(89)71-67-63-59-55-51-45-32-28-24-20-16-12-8-4)77-99-103(91,92)97-73-79(86)74-98-104(93,94)100-78-81(102-85(90)72-68-64-60-56-52-48-42-35-31-27-23-19-15-11-7-3)76-96-82(87)69-65-61-57-53-49-46-43-40-37-34-30-26-22-18-14-10-6-2/h9-11,13-15,21-23,25-28,32-37,39,41-43,46,53,57,79-81,86H,5-8,12,16-20,24,29-31,38,40,44-45,47-52,54-56,58-78H2,1-4H3,(H,91,92)(H,93,94)/b13-9-,14-10-,15-11-,25-21-,26-22-,27-23-,32-28-,36-33-,37-34-,41-39-,42-35-,46-43-,57-53-. The summed E-state index contributed by atoms with van der Waals surface area (Å²) in [5, 5.41) is 10.6. The van der Waals surface area contributed by atoms with Crippen LogP contribution >= 0.6 is 15.6 Å². The van der Waals surface area contributed by atoms with E-state index >= 15 is 0 Å². The van der Waals surface area contributed by atoms with Crippen molar-refractivity contribution in [1.29, 1.82) is 0 Å². The molecule has 0 spiro atoms. The second-order valence-corrected chi connectivity index (χ2v) is 28.8. The lowest BCUT2D eigenvalue weighted by molar-refractivity contribution is -0.161. The van der Waals surface area contributed by atoms with E-state index in [0.29, 0.717) is 32.1 Å². The molecule has 0 aliphatic rings. The van der Waals surface area contributed by atoms with Crippen molar-refractivity contribution in [2.75, 3.05) is 39.6 Å². The van der Waals surface area contributed by atoms with Crippen LogP contribution in [0.25, 0.3) is 0 Å². The number of unbranched alkanes of at least 4 members (excludes halogenated alkanes) is 21.